The molecule has 0 saturated carbocycles. The second-order valence-electron chi connectivity index (χ2n) is 10.4. The molecule has 1 aromatic rings. The van der Waals surface area contributed by atoms with E-state index in [0.29, 0.717) is 6.42 Å². The Hall–Kier alpha value is -1.17. The quantitative estimate of drug-likeness (QED) is 0.0625. The van der Waals surface area contributed by atoms with E-state index in [-0.39, 0.29) is 6.42 Å². The van der Waals surface area contributed by atoms with Crippen LogP contribution >= 0.6 is 0 Å². The standard InChI is InChI=1S/C30H50F5N/c31-26-25(27(32)29(34)30(35)28(26)33)23-21-19-17-15-13-11-9-7-5-3-1-2-4-6-8-10-12-14-16-18-20-22-24-36/h1-24,36H2. The van der Waals surface area contributed by atoms with Gasteiger partial charge in [-0.2, -0.15) is 0 Å². The van der Waals surface area contributed by atoms with Crippen LogP contribution in [0.5, 0.6) is 0 Å². The fraction of sp³-hybridized carbons (Fsp3) is 0.800. The molecule has 210 valence electrons. The number of hydrogen-bond donors (Lipinski definition) is 1. The Balaban J connectivity index is 1.83. The van der Waals surface area contributed by atoms with Gasteiger partial charge < -0.3 is 5.73 Å². The van der Waals surface area contributed by atoms with Gasteiger partial charge in [0.2, 0.25) is 5.82 Å². The van der Waals surface area contributed by atoms with Gasteiger partial charge in [-0.1, -0.05) is 128 Å². The van der Waals surface area contributed by atoms with Crippen LogP contribution in [-0.4, -0.2) is 6.54 Å². The topological polar surface area (TPSA) is 26.0 Å². The van der Waals surface area contributed by atoms with E-state index in [9.17, 15) is 22.0 Å². The van der Waals surface area contributed by atoms with Gasteiger partial charge in [0.15, 0.2) is 23.3 Å². The lowest BCUT2D eigenvalue weighted by Gasteiger charge is -2.08. The fourth-order valence-electron chi connectivity index (χ4n) is 4.85. The van der Waals surface area contributed by atoms with Gasteiger partial charge in [-0.25, -0.2) is 22.0 Å². The summed E-state index contributed by atoms with van der Waals surface area (Å²) in [6.07, 6.45) is 26.7. The minimum atomic E-state index is -2.09. The lowest BCUT2D eigenvalue weighted by molar-refractivity contribution is 0.368. The highest BCUT2D eigenvalue weighted by atomic mass is 19.2. The van der Waals surface area contributed by atoms with E-state index in [1.807, 2.05) is 0 Å². The zero-order valence-corrected chi connectivity index (χ0v) is 22.4. The molecule has 0 unspecified atom stereocenters. The van der Waals surface area contributed by atoms with Gasteiger partial charge in [-0.05, 0) is 25.8 Å². The summed E-state index contributed by atoms with van der Waals surface area (Å²) >= 11 is 0. The minimum Gasteiger partial charge on any atom is -0.330 e. The third kappa shape index (κ3) is 14.5. The van der Waals surface area contributed by atoms with Crippen LogP contribution < -0.4 is 5.73 Å². The molecule has 0 aromatic heterocycles. The van der Waals surface area contributed by atoms with Crippen LogP contribution in [0.3, 0.4) is 0 Å². The van der Waals surface area contributed by atoms with E-state index in [1.165, 1.54) is 109 Å². The molecule has 0 aliphatic carbocycles. The Morgan fingerprint density at radius 2 is 0.528 bits per heavy atom. The Kier molecular flexibility index (Phi) is 20.0. The van der Waals surface area contributed by atoms with E-state index in [4.69, 9.17) is 5.73 Å². The molecule has 36 heavy (non-hydrogen) atoms. The van der Waals surface area contributed by atoms with E-state index in [0.717, 1.165) is 32.2 Å². The number of rotatable bonds is 24. The zero-order valence-electron chi connectivity index (χ0n) is 22.4. The maximum atomic E-state index is 13.6. The molecule has 0 fully saturated rings. The summed E-state index contributed by atoms with van der Waals surface area (Å²) in [5.41, 5.74) is 4.82. The van der Waals surface area contributed by atoms with Gasteiger partial charge in [-0.3, -0.25) is 0 Å². The van der Waals surface area contributed by atoms with E-state index < -0.39 is 34.6 Å². The first-order valence-electron chi connectivity index (χ1n) is 14.7. The van der Waals surface area contributed by atoms with Gasteiger partial charge in [0.05, 0.1) is 0 Å². The third-order valence-corrected chi connectivity index (χ3v) is 7.18. The van der Waals surface area contributed by atoms with Crippen LogP contribution in [0.4, 0.5) is 22.0 Å². The number of halogens is 5. The molecule has 0 bridgehead atoms. The van der Waals surface area contributed by atoms with Crippen molar-refractivity contribution in [2.24, 2.45) is 5.73 Å². The molecule has 0 saturated heterocycles. The molecule has 1 nitrogen and oxygen atoms in total. The van der Waals surface area contributed by atoms with Crippen LogP contribution in [0.2, 0.25) is 0 Å². The highest BCUT2D eigenvalue weighted by Crippen LogP contribution is 2.25. The first-order valence-corrected chi connectivity index (χ1v) is 14.7. The molecule has 6 heteroatoms. The summed E-state index contributed by atoms with van der Waals surface area (Å²) in [6, 6.07) is 0. The van der Waals surface area contributed by atoms with E-state index >= 15 is 0 Å². The van der Waals surface area contributed by atoms with Crippen LogP contribution in [0.1, 0.15) is 147 Å². The van der Waals surface area contributed by atoms with E-state index in [2.05, 4.69) is 0 Å². The first kappa shape index (κ1) is 32.9. The van der Waals surface area contributed by atoms with Crippen molar-refractivity contribution in [2.45, 2.75) is 148 Å². The van der Waals surface area contributed by atoms with Crippen LogP contribution in [0.25, 0.3) is 0 Å². The number of nitrogens with two attached hydrogens (primary N) is 1. The zero-order chi connectivity index (χ0) is 26.4. The molecule has 0 aliphatic heterocycles. The Labute approximate surface area is 216 Å². The van der Waals surface area contributed by atoms with Crippen LogP contribution in [0.15, 0.2) is 0 Å². The average Bonchev–Trinajstić information content (AvgIpc) is 2.88. The van der Waals surface area contributed by atoms with Gasteiger partial charge >= 0.3 is 0 Å². The molecule has 2 N–H and O–H groups in total. The van der Waals surface area contributed by atoms with E-state index in [1.54, 1.807) is 0 Å². The second-order valence-corrected chi connectivity index (χ2v) is 10.4. The van der Waals surface area contributed by atoms with Crippen LogP contribution in [-0.2, 0) is 6.42 Å². The second kappa shape index (κ2) is 21.9. The Morgan fingerprint density at radius 1 is 0.306 bits per heavy atom. The van der Waals surface area contributed by atoms with Crippen molar-refractivity contribution in [2.75, 3.05) is 6.54 Å². The molecule has 0 aliphatic rings. The summed E-state index contributed by atoms with van der Waals surface area (Å²) in [5, 5.41) is 0. The number of hydrogen-bond acceptors (Lipinski definition) is 1. The lowest BCUT2D eigenvalue weighted by Crippen LogP contribution is -2.07. The molecule has 0 radical (unpaired) electrons. The molecular weight excluding hydrogens is 469 g/mol. The normalized spacial score (nSPS) is 11.5. The van der Waals surface area contributed by atoms with Crippen molar-refractivity contribution in [1.82, 2.24) is 0 Å². The van der Waals surface area contributed by atoms with Crippen molar-refractivity contribution in [3.8, 4) is 0 Å². The summed E-state index contributed by atoms with van der Waals surface area (Å²) in [4.78, 5) is 0. The Morgan fingerprint density at radius 3 is 0.806 bits per heavy atom. The smallest absolute Gasteiger partial charge is 0.200 e. The summed E-state index contributed by atoms with van der Waals surface area (Å²) in [5.74, 6) is -9.18. The molecular formula is C30H50F5N. The Bertz CT molecular complexity index is 651. The largest absolute Gasteiger partial charge is 0.330 e. The highest BCUT2D eigenvalue weighted by molar-refractivity contribution is 5.24. The monoisotopic (exact) mass is 519 g/mol. The van der Waals surface area contributed by atoms with Gasteiger partial charge in [-0.15, -0.1) is 0 Å². The molecule has 0 spiro atoms. The summed E-state index contributed by atoms with van der Waals surface area (Å²) in [6.45, 7) is 0.831. The van der Waals surface area contributed by atoms with Crippen molar-refractivity contribution in [1.29, 1.82) is 0 Å². The lowest BCUT2D eigenvalue weighted by atomic mass is 10.0. The number of benzene rings is 1. The summed E-state index contributed by atoms with van der Waals surface area (Å²) < 4.78 is 66.8. The third-order valence-electron chi connectivity index (χ3n) is 7.18. The fourth-order valence-corrected chi connectivity index (χ4v) is 4.85. The summed E-state index contributed by atoms with van der Waals surface area (Å²) in [7, 11) is 0. The number of unbranched alkanes of at least 4 members (excludes halogenated alkanes) is 21. The van der Waals surface area contributed by atoms with Gasteiger partial charge in [0, 0.05) is 5.56 Å². The minimum absolute atomic E-state index is 0.123. The van der Waals surface area contributed by atoms with Gasteiger partial charge in [0.1, 0.15) is 0 Å². The highest BCUT2D eigenvalue weighted by Gasteiger charge is 2.24. The molecule has 0 heterocycles. The predicted octanol–water partition coefficient (Wildman–Crippen LogP) is 10.5. The van der Waals surface area contributed by atoms with Crippen LogP contribution in [0, 0.1) is 29.1 Å². The molecule has 0 amide bonds. The SMILES string of the molecule is NCCCCCCCCCCCCCCCCCCCCCCCCc1c(F)c(F)c(F)c(F)c1F. The maximum Gasteiger partial charge on any atom is 0.200 e. The molecule has 1 aromatic carbocycles. The van der Waals surface area contributed by atoms with Gasteiger partial charge in [0.25, 0.3) is 0 Å². The molecule has 1 rings (SSSR count). The predicted molar refractivity (Wildman–Crippen MR) is 141 cm³/mol. The van der Waals surface area contributed by atoms with Crippen molar-refractivity contribution in [3.05, 3.63) is 34.6 Å². The maximum absolute atomic E-state index is 13.6. The van der Waals surface area contributed by atoms with Crippen molar-refractivity contribution < 1.29 is 22.0 Å². The first-order chi connectivity index (χ1) is 17.5. The van der Waals surface area contributed by atoms with Crippen molar-refractivity contribution in [3.63, 3.8) is 0 Å². The average molecular weight is 520 g/mol. The molecule has 0 atom stereocenters. The van der Waals surface area contributed by atoms with Crippen molar-refractivity contribution >= 4 is 0 Å².